The Kier molecular flexibility index (Phi) is 4.51. The van der Waals surface area contributed by atoms with Crippen LogP contribution in [0.1, 0.15) is 49.0 Å². The van der Waals surface area contributed by atoms with E-state index in [-0.39, 0.29) is 11.8 Å². The maximum Gasteiger partial charge on any atom is 0.254 e. The van der Waals surface area contributed by atoms with E-state index in [1.165, 1.54) is 12.8 Å². The molecule has 2 aliphatic rings. The van der Waals surface area contributed by atoms with Crippen molar-refractivity contribution in [3.63, 3.8) is 0 Å². The number of allylic oxidation sites excluding steroid dienone is 1. The molecule has 1 saturated carbocycles. The normalized spacial score (nSPS) is 22.1. The van der Waals surface area contributed by atoms with Crippen molar-refractivity contribution in [2.24, 2.45) is 5.92 Å². The molecule has 1 saturated heterocycles. The minimum Gasteiger partial charge on any atom is -0.348 e. The van der Waals surface area contributed by atoms with E-state index in [9.17, 15) is 9.59 Å². The molecule has 122 valence electrons. The van der Waals surface area contributed by atoms with Crippen molar-refractivity contribution in [2.75, 3.05) is 6.54 Å². The van der Waals surface area contributed by atoms with Gasteiger partial charge in [-0.25, -0.2) is 0 Å². The summed E-state index contributed by atoms with van der Waals surface area (Å²) in [4.78, 5) is 26.2. The summed E-state index contributed by atoms with van der Waals surface area (Å²) in [5, 5.41) is 2.85. The zero-order chi connectivity index (χ0) is 16.4. The van der Waals surface area contributed by atoms with Gasteiger partial charge in [0.15, 0.2) is 0 Å². The quantitative estimate of drug-likeness (QED) is 0.869. The van der Waals surface area contributed by atoms with Crippen molar-refractivity contribution < 1.29 is 9.59 Å². The Balaban J connectivity index is 1.58. The lowest BCUT2D eigenvalue weighted by Gasteiger charge is -2.27. The fourth-order valence-electron chi connectivity index (χ4n) is 3.61. The van der Waals surface area contributed by atoms with Crippen molar-refractivity contribution in [2.45, 2.75) is 45.7 Å². The number of hydrogen-bond donors (Lipinski definition) is 1. The monoisotopic (exact) mass is 312 g/mol. The second kappa shape index (κ2) is 6.57. The third kappa shape index (κ3) is 3.63. The molecule has 3 rings (SSSR count). The van der Waals surface area contributed by atoms with Crippen molar-refractivity contribution in [1.82, 2.24) is 10.2 Å². The van der Waals surface area contributed by atoms with Gasteiger partial charge in [0.2, 0.25) is 5.91 Å². The smallest absolute Gasteiger partial charge is 0.254 e. The third-order valence-electron chi connectivity index (χ3n) is 4.76. The first-order chi connectivity index (χ1) is 11.0. The fourth-order valence-corrected chi connectivity index (χ4v) is 3.61. The van der Waals surface area contributed by atoms with Crippen LogP contribution in [0, 0.1) is 5.92 Å². The second-order valence-electron chi connectivity index (χ2n) is 6.93. The van der Waals surface area contributed by atoms with E-state index in [0.717, 1.165) is 29.7 Å². The summed E-state index contributed by atoms with van der Waals surface area (Å²) in [5.41, 5.74) is 2.72. The van der Waals surface area contributed by atoms with Gasteiger partial charge in [-0.05, 0) is 56.7 Å². The molecule has 1 N–H and O–H groups in total. The van der Waals surface area contributed by atoms with E-state index in [2.05, 4.69) is 5.32 Å². The van der Waals surface area contributed by atoms with Gasteiger partial charge in [-0.2, -0.15) is 0 Å². The molecule has 1 aromatic carbocycles. The van der Waals surface area contributed by atoms with Crippen LogP contribution in [0.25, 0.3) is 0 Å². The maximum atomic E-state index is 12.6. The molecule has 1 aliphatic carbocycles. The van der Waals surface area contributed by atoms with Crippen LogP contribution in [0.5, 0.6) is 0 Å². The van der Waals surface area contributed by atoms with Gasteiger partial charge in [0.05, 0.1) is 0 Å². The van der Waals surface area contributed by atoms with Crippen LogP contribution in [0.2, 0.25) is 0 Å². The van der Waals surface area contributed by atoms with Gasteiger partial charge in [0, 0.05) is 30.8 Å². The average molecular weight is 312 g/mol. The highest BCUT2D eigenvalue weighted by Crippen LogP contribution is 2.38. The van der Waals surface area contributed by atoms with E-state index >= 15 is 0 Å². The van der Waals surface area contributed by atoms with Gasteiger partial charge < -0.3 is 10.2 Å². The number of carbonyl (C=O) groups is 2. The average Bonchev–Trinajstić information content (AvgIpc) is 3.15. The molecule has 4 heteroatoms. The Morgan fingerprint density at radius 3 is 2.52 bits per heavy atom. The molecule has 1 heterocycles. The first-order valence-corrected chi connectivity index (χ1v) is 8.35. The first-order valence-electron chi connectivity index (χ1n) is 8.35. The highest BCUT2D eigenvalue weighted by molar-refractivity contribution is 5.94. The number of piperidine rings is 1. The van der Waals surface area contributed by atoms with Crippen molar-refractivity contribution in [3.8, 4) is 0 Å². The van der Waals surface area contributed by atoms with Crippen molar-refractivity contribution in [1.29, 1.82) is 0 Å². The molecule has 2 amide bonds. The zero-order valence-electron chi connectivity index (χ0n) is 13.8. The molecule has 2 unspecified atom stereocenters. The van der Waals surface area contributed by atoms with Gasteiger partial charge in [-0.1, -0.05) is 17.7 Å². The molecule has 0 aromatic heterocycles. The summed E-state index contributed by atoms with van der Waals surface area (Å²) < 4.78 is 0. The minimum absolute atomic E-state index is 0.0850. The standard InChI is InChI=1S/C19H24N2O2/c1-13(2)9-18(22)20-11-14-3-6-16(7-4-14)19(23)21-12-15-5-8-17(21)10-15/h3-4,6-7,9,15,17H,5,8,10-12H2,1-2H3,(H,20,22). The topological polar surface area (TPSA) is 49.4 Å². The molecular weight excluding hydrogens is 288 g/mol. The number of nitrogens with zero attached hydrogens (tertiary/aromatic N) is 1. The molecule has 2 bridgehead atoms. The Labute approximate surface area is 137 Å². The molecule has 23 heavy (non-hydrogen) atoms. The van der Waals surface area contributed by atoms with E-state index in [1.54, 1.807) is 6.08 Å². The van der Waals surface area contributed by atoms with Gasteiger partial charge in [0.1, 0.15) is 0 Å². The van der Waals surface area contributed by atoms with Crippen LogP contribution in [0.3, 0.4) is 0 Å². The molecule has 0 radical (unpaired) electrons. The molecule has 2 fully saturated rings. The summed E-state index contributed by atoms with van der Waals surface area (Å²) in [6.45, 7) is 5.19. The fraction of sp³-hybridized carbons (Fsp3) is 0.474. The van der Waals surface area contributed by atoms with Crippen molar-refractivity contribution >= 4 is 11.8 Å². The Bertz CT molecular complexity index is 629. The van der Waals surface area contributed by atoms with E-state index in [0.29, 0.717) is 18.5 Å². The summed E-state index contributed by atoms with van der Waals surface area (Å²) in [6, 6.07) is 8.04. The zero-order valence-corrected chi connectivity index (χ0v) is 13.8. The second-order valence-corrected chi connectivity index (χ2v) is 6.93. The number of likely N-dealkylation sites (tertiary alicyclic amines) is 1. The summed E-state index contributed by atoms with van der Waals surface area (Å²) in [6.07, 6.45) is 5.20. The van der Waals surface area contributed by atoms with Crippen LogP contribution in [-0.4, -0.2) is 29.3 Å². The Morgan fingerprint density at radius 1 is 1.22 bits per heavy atom. The van der Waals surface area contributed by atoms with E-state index in [4.69, 9.17) is 0 Å². The molecule has 4 nitrogen and oxygen atoms in total. The molecule has 1 aromatic rings. The number of benzene rings is 1. The van der Waals surface area contributed by atoms with E-state index in [1.807, 2.05) is 43.0 Å². The number of carbonyl (C=O) groups excluding carboxylic acids is 2. The van der Waals surface area contributed by atoms with Gasteiger partial charge in [0.25, 0.3) is 5.91 Å². The highest BCUT2D eigenvalue weighted by Gasteiger charge is 2.40. The summed E-state index contributed by atoms with van der Waals surface area (Å²) >= 11 is 0. The number of hydrogen-bond acceptors (Lipinski definition) is 2. The van der Waals surface area contributed by atoms with E-state index < -0.39 is 0 Å². The van der Waals surface area contributed by atoms with Crippen LogP contribution in [-0.2, 0) is 11.3 Å². The maximum absolute atomic E-state index is 12.6. The van der Waals surface area contributed by atoms with Crippen LogP contribution >= 0.6 is 0 Å². The predicted octanol–water partition coefficient (Wildman–Crippen LogP) is 2.89. The van der Waals surface area contributed by atoms with Crippen LogP contribution in [0.4, 0.5) is 0 Å². The lowest BCUT2D eigenvalue weighted by molar-refractivity contribution is -0.116. The minimum atomic E-state index is -0.0850. The lowest BCUT2D eigenvalue weighted by Crippen LogP contribution is -2.37. The van der Waals surface area contributed by atoms with Crippen molar-refractivity contribution in [3.05, 3.63) is 47.0 Å². The highest BCUT2D eigenvalue weighted by atomic mass is 16.2. The van der Waals surface area contributed by atoms with Gasteiger partial charge in [-0.3, -0.25) is 9.59 Å². The van der Waals surface area contributed by atoms with Crippen LogP contribution in [0.15, 0.2) is 35.9 Å². The number of rotatable bonds is 4. The van der Waals surface area contributed by atoms with Gasteiger partial charge >= 0.3 is 0 Å². The third-order valence-corrected chi connectivity index (χ3v) is 4.76. The molecule has 2 atom stereocenters. The predicted molar refractivity (Wildman–Crippen MR) is 89.9 cm³/mol. The number of nitrogens with one attached hydrogen (secondary N) is 1. The Morgan fingerprint density at radius 2 is 1.96 bits per heavy atom. The van der Waals surface area contributed by atoms with Gasteiger partial charge in [-0.15, -0.1) is 0 Å². The first kappa shape index (κ1) is 15.8. The molecule has 0 spiro atoms. The molecular formula is C19H24N2O2. The number of fused-ring (bicyclic) bond motifs is 2. The summed E-state index contributed by atoms with van der Waals surface area (Å²) in [5.74, 6) is 0.782. The largest absolute Gasteiger partial charge is 0.348 e. The SMILES string of the molecule is CC(C)=CC(=O)NCc1ccc(C(=O)N2CC3CCC2C3)cc1. The summed E-state index contributed by atoms with van der Waals surface area (Å²) in [7, 11) is 0. The molecule has 1 aliphatic heterocycles. The van der Waals surface area contributed by atoms with Crippen LogP contribution < -0.4 is 5.32 Å². The lowest BCUT2D eigenvalue weighted by atomic mass is 10.1. The number of amides is 2. The Hall–Kier alpha value is -2.10.